The zero-order chi connectivity index (χ0) is 27.6. The van der Waals surface area contributed by atoms with Gasteiger partial charge in [-0.25, -0.2) is 0 Å². The molecule has 3 aromatic heterocycles. The average molecular weight is 553 g/mol. The SMILES string of the molecule is c1ccc(-c2ccc3c(c2)c2ccc(-c4ccc5ccccc5c4)cc2n3-c2ccc3c(c2)sc2ccccc23)nc1. The van der Waals surface area contributed by atoms with Crippen LogP contribution >= 0.6 is 11.3 Å². The topological polar surface area (TPSA) is 17.8 Å². The Morgan fingerprint density at radius 1 is 0.452 bits per heavy atom. The van der Waals surface area contributed by atoms with E-state index in [2.05, 4.69) is 137 Å². The maximum absolute atomic E-state index is 4.63. The molecule has 0 saturated heterocycles. The van der Waals surface area contributed by atoms with E-state index in [9.17, 15) is 0 Å². The van der Waals surface area contributed by atoms with Crippen LogP contribution in [0, 0.1) is 0 Å². The molecule has 0 fully saturated rings. The standard InChI is InChI=1S/C39H24N2S/c1-2-8-26-21-27(13-12-25(26)7-1)28-14-17-31-34-22-29(35-10-5-6-20-40-35)15-19-36(34)41(37(31)23-28)30-16-18-33-32-9-3-4-11-38(32)42-39(33)24-30/h1-24H. The summed E-state index contributed by atoms with van der Waals surface area (Å²) in [6.45, 7) is 0. The zero-order valence-corrected chi connectivity index (χ0v) is 23.5. The van der Waals surface area contributed by atoms with Crippen molar-refractivity contribution in [3.63, 3.8) is 0 Å². The molecule has 0 unspecified atom stereocenters. The highest BCUT2D eigenvalue weighted by Gasteiger charge is 2.16. The largest absolute Gasteiger partial charge is 0.309 e. The summed E-state index contributed by atoms with van der Waals surface area (Å²) in [6, 6.07) is 50.7. The van der Waals surface area contributed by atoms with Crippen molar-refractivity contribution >= 4 is 64.1 Å². The molecule has 0 aliphatic rings. The van der Waals surface area contributed by atoms with Crippen LogP contribution < -0.4 is 0 Å². The van der Waals surface area contributed by atoms with Crippen molar-refractivity contribution in [2.24, 2.45) is 0 Å². The van der Waals surface area contributed by atoms with E-state index in [1.54, 1.807) is 0 Å². The van der Waals surface area contributed by atoms with Gasteiger partial charge in [0, 0.05) is 48.4 Å². The molecule has 196 valence electrons. The predicted molar refractivity (Wildman–Crippen MR) is 180 cm³/mol. The van der Waals surface area contributed by atoms with Gasteiger partial charge in [0.05, 0.1) is 16.7 Å². The first-order chi connectivity index (χ1) is 20.8. The van der Waals surface area contributed by atoms with E-state index < -0.39 is 0 Å². The van der Waals surface area contributed by atoms with Crippen LogP contribution in [0.4, 0.5) is 0 Å². The molecule has 9 aromatic rings. The van der Waals surface area contributed by atoms with Crippen molar-refractivity contribution < 1.29 is 0 Å². The first kappa shape index (κ1) is 23.5. The fourth-order valence-corrected chi connectivity index (χ4v) is 7.53. The third-order valence-electron chi connectivity index (χ3n) is 8.43. The molecule has 0 aliphatic carbocycles. The number of fused-ring (bicyclic) bond motifs is 7. The molecule has 0 atom stereocenters. The van der Waals surface area contributed by atoms with Gasteiger partial charge in [0.2, 0.25) is 0 Å². The molecule has 0 spiro atoms. The summed E-state index contributed by atoms with van der Waals surface area (Å²) in [7, 11) is 0. The molecule has 0 amide bonds. The number of benzene rings is 6. The fraction of sp³-hybridized carbons (Fsp3) is 0. The third-order valence-corrected chi connectivity index (χ3v) is 9.56. The molecule has 0 bridgehead atoms. The summed E-state index contributed by atoms with van der Waals surface area (Å²) in [6.07, 6.45) is 1.86. The summed E-state index contributed by atoms with van der Waals surface area (Å²) in [5, 5.41) is 7.62. The highest BCUT2D eigenvalue weighted by atomic mass is 32.1. The zero-order valence-electron chi connectivity index (χ0n) is 22.7. The van der Waals surface area contributed by atoms with E-state index in [0.29, 0.717) is 0 Å². The number of aromatic nitrogens is 2. The van der Waals surface area contributed by atoms with Gasteiger partial charge in [-0.05, 0) is 76.5 Å². The summed E-state index contributed by atoms with van der Waals surface area (Å²) < 4.78 is 5.06. The van der Waals surface area contributed by atoms with Crippen LogP contribution in [0.5, 0.6) is 0 Å². The second-order valence-corrected chi connectivity index (χ2v) is 11.9. The Bertz CT molecular complexity index is 2470. The number of pyridine rings is 1. The van der Waals surface area contributed by atoms with Crippen molar-refractivity contribution in [1.29, 1.82) is 0 Å². The van der Waals surface area contributed by atoms with Crippen LogP contribution in [0.2, 0.25) is 0 Å². The lowest BCUT2D eigenvalue weighted by Gasteiger charge is -2.10. The van der Waals surface area contributed by atoms with Crippen LogP contribution in [0.25, 0.3) is 80.8 Å². The van der Waals surface area contributed by atoms with Gasteiger partial charge >= 0.3 is 0 Å². The molecular formula is C39H24N2S. The third kappa shape index (κ3) is 3.61. The lowest BCUT2D eigenvalue weighted by molar-refractivity contribution is 1.19. The Balaban J connectivity index is 1.31. The summed E-state index contributed by atoms with van der Waals surface area (Å²) in [5.41, 5.74) is 8.12. The highest BCUT2D eigenvalue weighted by molar-refractivity contribution is 7.25. The van der Waals surface area contributed by atoms with Gasteiger partial charge in [0.25, 0.3) is 0 Å². The van der Waals surface area contributed by atoms with Gasteiger partial charge in [-0.1, -0.05) is 84.9 Å². The molecule has 2 nitrogen and oxygen atoms in total. The molecule has 0 N–H and O–H groups in total. The molecule has 6 aromatic carbocycles. The van der Waals surface area contributed by atoms with Gasteiger partial charge in [-0.3, -0.25) is 4.98 Å². The maximum Gasteiger partial charge on any atom is 0.0702 e. The van der Waals surface area contributed by atoms with Crippen molar-refractivity contribution in [2.45, 2.75) is 0 Å². The number of hydrogen-bond donors (Lipinski definition) is 0. The molecule has 0 saturated carbocycles. The Morgan fingerprint density at radius 3 is 2.14 bits per heavy atom. The fourth-order valence-electron chi connectivity index (χ4n) is 6.39. The highest BCUT2D eigenvalue weighted by Crippen LogP contribution is 2.40. The van der Waals surface area contributed by atoms with E-state index >= 15 is 0 Å². The molecule has 42 heavy (non-hydrogen) atoms. The number of rotatable bonds is 3. The van der Waals surface area contributed by atoms with Crippen LogP contribution in [0.3, 0.4) is 0 Å². The first-order valence-electron chi connectivity index (χ1n) is 14.2. The number of thiophene rings is 1. The van der Waals surface area contributed by atoms with E-state index in [1.165, 1.54) is 69.6 Å². The van der Waals surface area contributed by atoms with Gasteiger partial charge < -0.3 is 4.57 Å². The van der Waals surface area contributed by atoms with Gasteiger partial charge in [-0.15, -0.1) is 11.3 Å². The van der Waals surface area contributed by atoms with Crippen molar-refractivity contribution in [3.05, 3.63) is 146 Å². The Hall–Kier alpha value is -5.25. The van der Waals surface area contributed by atoms with Gasteiger partial charge in [0.15, 0.2) is 0 Å². The minimum atomic E-state index is 0.986. The number of nitrogens with zero attached hydrogens (tertiary/aromatic N) is 2. The van der Waals surface area contributed by atoms with E-state index in [0.717, 1.165) is 11.3 Å². The normalized spacial score (nSPS) is 11.8. The Labute approximate surface area is 246 Å². The van der Waals surface area contributed by atoms with Crippen molar-refractivity contribution in [2.75, 3.05) is 0 Å². The summed E-state index contributed by atoms with van der Waals surface area (Å²) in [4.78, 5) is 4.63. The van der Waals surface area contributed by atoms with Crippen LogP contribution in [-0.4, -0.2) is 9.55 Å². The van der Waals surface area contributed by atoms with Crippen LogP contribution in [0.1, 0.15) is 0 Å². The molecular weight excluding hydrogens is 529 g/mol. The molecule has 9 rings (SSSR count). The van der Waals surface area contributed by atoms with Gasteiger partial charge in [-0.2, -0.15) is 0 Å². The molecule has 3 heteroatoms. The van der Waals surface area contributed by atoms with Crippen LogP contribution in [0.15, 0.2) is 146 Å². The molecule has 0 radical (unpaired) electrons. The average Bonchev–Trinajstić information content (AvgIpc) is 3.59. The maximum atomic E-state index is 4.63. The predicted octanol–water partition coefficient (Wildman–Crippen LogP) is 11.0. The minimum absolute atomic E-state index is 0.986. The second-order valence-electron chi connectivity index (χ2n) is 10.9. The summed E-state index contributed by atoms with van der Waals surface area (Å²) >= 11 is 1.86. The Kier molecular flexibility index (Phi) is 5.10. The van der Waals surface area contributed by atoms with E-state index in [4.69, 9.17) is 0 Å². The van der Waals surface area contributed by atoms with Crippen molar-refractivity contribution in [3.8, 4) is 28.1 Å². The lowest BCUT2D eigenvalue weighted by Crippen LogP contribution is -1.94. The molecule has 3 heterocycles. The smallest absolute Gasteiger partial charge is 0.0702 e. The monoisotopic (exact) mass is 552 g/mol. The first-order valence-corrected chi connectivity index (χ1v) is 15.0. The number of hydrogen-bond acceptors (Lipinski definition) is 2. The minimum Gasteiger partial charge on any atom is -0.309 e. The quantitative estimate of drug-likeness (QED) is 0.213. The van der Waals surface area contributed by atoms with Gasteiger partial charge in [0.1, 0.15) is 0 Å². The van der Waals surface area contributed by atoms with Crippen LogP contribution in [-0.2, 0) is 0 Å². The molecule has 0 aliphatic heterocycles. The van der Waals surface area contributed by atoms with Crippen molar-refractivity contribution in [1.82, 2.24) is 9.55 Å². The van der Waals surface area contributed by atoms with E-state index in [1.807, 2.05) is 29.7 Å². The lowest BCUT2D eigenvalue weighted by atomic mass is 9.99. The van der Waals surface area contributed by atoms with E-state index in [-0.39, 0.29) is 0 Å². The Morgan fingerprint density at radius 2 is 1.21 bits per heavy atom. The summed E-state index contributed by atoms with van der Waals surface area (Å²) in [5.74, 6) is 0. The second kappa shape index (κ2) is 9.13.